The smallest absolute Gasteiger partial charge is 0.275 e. The molecule has 0 atom stereocenters. The van der Waals surface area contributed by atoms with Crippen LogP contribution in [0.1, 0.15) is 10.5 Å². The number of rotatable bonds is 2. The van der Waals surface area contributed by atoms with Gasteiger partial charge in [-0.3, -0.25) is 9.59 Å². The van der Waals surface area contributed by atoms with Crippen LogP contribution in [0.15, 0.2) is 59.7 Å². The summed E-state index contributed by atoms with van der Waals surface area (Å²) in [5.41, 5.74) is 2.26. The van der Waals surface area contributed by atoms with Crippen LogP contribution < -0.4 is 10.5 Å². The van der Waals surface area contributed by atoms with E-state index >= 15 is 0 Å². The number of amides is 1. The van der Waals surface area contributed by atoms with E-state index in [4.69, 9.17) is 0 Å². The van der Waals surface area contributed by atoms with E-state index in [1.54, 1.807) is 31.4 Å². The molecule has 1 fully saturated rings. The van der Waals surface area contributed by atoms with Crippen LogP contribution in [0.5, 0.6) is 0 Å². The highest BCUT2D eigenvalue weighted by Gasteiger charge is 2.25. The van der Waals surface area contributed by atoms with Gasteiger partial charge in [0.05, 0.1) is 22.8 Å². The quantitative estimate of drug-likeness (QED) is 0.521. The van der Waals surface area contributed by atoms with E-state index in [-0.39, 0.29) is 11.5 Å². The predicted octanol–water partition coefficient (Wildman–Crippen LogP) is 1.54. The monoisotopic (exact) mass is 388 g/mol. The molecular formula is C21H20N6O2. The first-order valence-corrected chi connectivity index (χ1v) is 9.55. The van der Waals surface area contributed by atoms with Crippen LogP contribution in [0.3, 0.4) is 0 Å². The SMILES string of the molecule is Cn1nc(C(=O)N2CCN(c3ccc4ccnn4c3)CC2)c2ccccc2c1=O. The second kappa shape index (κ2) is 6.73. The van der Waals surface area contributed by atoms with Gasteiger partial charge in [0.2, 0.25) is 0 Å². The third-order valence-corrected chi connectivity index (χ3v) is 5.47. The van der Waals surface area contributed by atoms with E-state index in [1.165, 1.54) is 4.68 Å². The Labute approximate surface area is 166 Å². The number of benzene rings is 1. The molecular weight excluding hydrogens is 368 g/mol. The summed E-state index contributed by atoms with van der Waals surface area (Å²) in [6.45, 7) is 2.63. The van der Waals surface area contributed by atoms with Gasteiger partial charge in [-0.05, 0) is 24.3 Å². The molecule has 146 valence electrons. The first-order chi connectivity index (χ1) is 14.1. The summed E-state index contributed by atoms with van der Waals surface area (Å²) >= 11 is 0. The number of aryl methyl sites for hydroxylation is 1. The van der Waals surface area contributed by atoms with Gasteiger partial charge < -0.3 is 9.80 Å². The molecule has 1 amide bonds. The predicted molar refractivity (Wildman–Crippen MR) is 110 cm³/mol. The molecule has 4 heterocycles. The molecule has 29 heavy (non-hydrogen) atoms. The fraction of sp³-hybridized carbons (Fsp3) is 0.238. The summed E-state index contributed by atoms with van der Waals surface area (Å²) < 4.78 is 3.10. The van der Waals surface area contributed by atoms with E-state index in [2.05, 4.69) is 21.2 Å². The minimum absolute atomic E-state index is 0.140. The minimum atomic E-state index is -0.198. The van der Waals surface area contributed by atoms with Crippen molar-refractivity contribution in [2.24, 2.45) is 7.05 Å². The molecule has 0 aliphatic carbocycles. The number of hydrogen-bond donors (Lipinski definition) is 0. The van der Waals surface area contributed by atoms with Crippen LogP contribution in [-0.4, -0.2) is 56.4 Å². The molecule has 0 bridgehead atoms. The molecule has 0 N–H and O–H groups in total. The average molecular weight is 388 g/mol. The maximum Gasteiger partial charge on any atom is 0.275 e. The lowest BCUT2D eigenvalue weighted by atomic mass is 10.1. The number of anilines is 1. The summed E-state index contributed by atoms with van der Waals surface area (Å²) in [5.74, 6) is -0.140. The van der Waals surface area contributed by atoms with Crippen molar-refractivity contribution in [1.29, 1.82) is 0 Å². The zero-order valence-corrected chi connectivity index (χ0v) is 16.0. The summed E-state index contributed by atoms with van der Waals surface area (Å²) in [7, 11) is 1.58. The second-order valence-corrected chi connectivity index (χ2v) is 7.19. The van der Waals surface area contributed by atoms with Crippen molar-refractivity contribution in [3.8, 4) is 0 Å². The Morgan fingerprint density at radius 1 is 0.966 bits per heavy atom. The molecule has 1 aromatic carbocycles. The van der Waals surface area contributed by atoms with Crippen molar-refractivity contribution in [3.05, 3.63) is 70.9 Å². The van der Waals surface area contributed by atoms with Gasteiger partial charge >= 0.3 is 0 Å². The van der Waals surface area contributed by atoms with E-state index in [0.717, 1.165) is 24.3 Å². The van der Waals surface area contributed by atoms with Gasteiger partial charge in [0.15, 0.2) is 5.69 Å². The highest BCUT2D eigenvalue weighted by atomic mass is 16.2. The van der Waals surface area contributed by atoms with Gasteiger partial charge in [-0.25, -0.2) is 9.20 Å². The number of carbonyl (C=O) groups excluding carboxylic acids is 1. The molecule has 8 heteroatoms. The lowest BCUT2D eigenvalue weighted by molar-refractivity contribution is 0.0740. The summed E-state index contributed by atoms with van der Waals surface area (Å²) in [6, 6.07) is 13.2. The lowest BCUT2D eigenvalue weighted by Crippen LogP contribution is -2.49. The molecule has 0 radical (unpaired) electrons. The number of aromatic nitrogens is 4. The van der Waals surface area contributed by atoms with Crippen molar-refractivity contribution in [3.63, 3.8) is 0 Å². The zero-order chi connectivity index (χ0) is 20.0. The summed E-state index contributed by atoms with van der Waals surface area (Å²) in [6.07, 6.45) is 3.79. The normalized spacial score (nSPS) is 14.7. The molecule has 0 unspecified atom stereocenters. The van der Waals surface area contributed by atoms with Gasteiger partial charge in [-0.1, -0.05) is 18.2 Å². The van der Waals surface area contributed by atoms with E-state index in [1.807, 2.05) is 33.8 Å². The number of fused-ring (bicyclic) bond motifs is 2. The molecule has 8 nitrogen and oxygen atoms in total. The Hall–Kier alpha value is -3.68. The second-order valence-electron chi connectivity index (χ2n) is 7.19. The highest BCUT2D eigenvalue weighted by molar-refractivity contribution is 6.04. The average Bonchev–Trinajstić information content (AvgIpc) is 3.24. The minimum Gasteiger partial charge on any atom is -0.367 e. The van der Waals surface area contributed by atoms with Crippen LogP contribution in [0.2, 0.25) is 0 Å². The van der Waals surface area contributed by atoms with Crippen molar-refractivity contribution in [2.45, 2.75) is 0 Å². The Morgan fingerprint density at radius 2 is 1.72 bits per heavy atom. The van der Waals surface area contributed by atoms with Crippen molar-refractivity contribution < 1.29 is 4.79 Å². The topological polar surface area (TPSA) is 75.7 Å². The Balaban J connectivity index is 1.38. The number of nitrogens with zero attached hydrogens (tertiary/aromatic N) is 6. The lowest BCUT2D eigenvalue weighted by Gasteiger charge is -2.36. The summed E-state index contributed by atoms with van der Waals surface area (Å²) in [4.78, 5) is 29.5. The number of carbonyl (C=O) groups is 1. The number of piperazine rings is 1. The molecule has 1 aliphatic heterocycles. The van der Waals surface area contributed by atoms with Crippen LogP contribution in [0.25, 0.3) is 16.3 Å². The standard InChI is InChI=1S/C21H20N6O2/c1-24-20(28)18-5-3-2-4-17(18)19(23-24)21(29)26-12-10-25(11-13-26)16-7-6-15-8-9-22-27(15)14-16/h2-9,14H,10-13H2,1H3. The third-order valence-electron chi connectivity index (χ3n) is 5.47. The van der Waals surface area contributed by atoms with Crippen LogP contribution in [0, 0.1) is 0 Å². The molecule has 0 spiro atoms. The first kappa shape index (κ1) is 17.4. The van der Waals surface area contributed by atoms with E-state index in [0.29, 0.717) is 29.6 Å². The molecule has 0 saturated carbocycles. The summed E-state index contributed by atoms with van der Waals surface area (Å²) in [5, 5.41) is 9.68. The fourth-order valence-electron chi connectivity index (χ4n) is 3.87. The number of hydrogen-bond acceptors (Lipinski definition) is 5. The molecule has 1 aliphatic rings. The van der Waals surface area contributed by atoms with E-state index < -0.39 is 0 Å². The Kier molecular flexibility index (Phi) is 4.04. The Bertz CT molecular complexity index is 1280. The highest BCUT2D eigenvalue weighted by Crippen LogP contribution is 2.20. The number of pyridine rings is 1. The van der Waals surface area contributed by atoms with Crippen molar-refractivity contribution in [2.75, 3.05) is 31.1 Å². The largest absolute Gasteiger partial charge is 0.367 e. The molecule has 1 saturated heterocycles. The van der Waals surface area contributed by atoms with Crippen molar-refractivity contribution in [1.82, 2.24) is 24.3 Å². The molecule has 3 aromatic heterocycles. The first-order valence-electron chi connectivity index (χ1n) is 9.55. The maximum absolute atomic E-state index is 13.2. The maximum atomic E-state index is 13.2. The van der Waals surface area contributed by atoms with Crippen LogP contribution in [0.4, 0.5) is 5.69 Å². The van der Waals surface area contributed by atoms with Crippen LogP contribution in [-0.2, 0) is 7.05 Å². The third kappa shape index (κ3) is 2.93. The van der Waals surface area contributed by atoms with Gasteiger partial charge in [0, 0.05) is 44.8 Å². The van der Waals surface area contributed by atoms with Gasteiger partial charge in [0.25, 0.3) is 11.5 Å². The van der Waals surface area contributed by atoms with Gasteiger partial charge in [0.1, 0.15) is 0 Å². The van der Waals surface area contributed by atoms with Gasteiger partial charge in [-0.2, -0.15) is 10.2 Å². The van der Waals surface area contributed by atoms with E-state index in [9.17, 15) is 9.59 Å². The van der Waals surface area contributed by atoms with Gasteiger partial charge in [-0.15, -0.1) is 0 Å². The molecule has 4 aromatic rings. The molecule has 5 rings (SSSR count). The van der Waals surface area contributed by atoms with Crippen molar-refractivity contribution >= 4 is 27.9 Å². The zero-order valence-electron chi connectivity index (χ0n) is 16.0. The van der Waals surface area contributed by atoms with Crippen LogP contribution >= 0.6 is 0 Å². The fourth-order valence-corrected chi connectivity index (χ4v) is 3.87. The Morgan fingerprint density at radius 3 is 2.52 bits per heavy atom.